The number of fused-ring (bicyclic) bond motifs is 1. The fourth-order valence-electron chi connectivity index (χ4n) is 2.50. The molecule has 2 aromatic rings. The van der Waals surface area contributed by atoms with Gasteiger partial charge in [-0.1, -0.05) is 38.1 Å². The average Bonchev–Trinajstić information content (AvgIpc) is 2.84. The number of aliphatic imine (C=N–C) groups is 1. The van der Waals surface area contributed by atoms with Crippen molar-refractivity contribution in [3.63, 3.8) is 0 Å². The fraction of sp³-hybridized carbons (Fsp3) is 0.222. The molecule has 1 heterocycles. The van der Waals surface area contributed by atoms with E-state index >= 15 is 0 Å². The van der Waals surface area contributed by atoms with Gasteiger partial charge in [-0.05, 0) is 35.7 Å². The minimum Gasteiger partial charge on any atom is -0.425 e. The summed E-state index contributed by atoms with van der Waals surface area (Å²) in [6.07, 6.45) is 0. The number of amidine groups is 1. The first-order valence-corrected chi connectivity index (χ1v) is 9.32. The number of nitrogens with one attached hydrogen (secondary N) is 1. The van der Waals surface area contributed by atoms with E-state index in [1.165, 1.54) is 6.07 Å². The van der Waals surface area contributed by atoms with Crippen molar-refractivity contribution in [3.8, 4) is 5.75 Å². The maximum atomic E-state index is 12.0. The van der Waals surface area contributed by atoms with E-state index in [2.05, 4.69) is 23.6 Å². The van der Waals surface area contributed by atoms with E-state index in [0.29, 0.717) is 17.2 Å². The van der Waals surface area contributed by atoms with Crippen LogP contribution < -0.4 is 9.46 Å². The zero-order chi connectivity index (χ0) is 18.0. The number of carbonyl (C=O) groups excluding carboxylic acids is 1. The van der Waals surface area contributed by atoms with Crippen molar-refractivity contribution in [2.24, 2.45) is 4.99 Å². The SMILES string of the molecule is CC(C)c1cccc(OC(=O)CN=C2NS(=O)(=O)c3ccccc32)c1. The van der Waals surface area contributed by atoms with Gasteiger partial charge in [0.15, 0.2) is 0 Å². The van der Waals surface area contributed by atoms with Crippen LogP contribution in [0, 0.1) is 0 Å². The third-order valence-electron chi connectivity index (χ3n) is 3.79. The van der Waals surface area contributed by atoms with E-state index in [-0.39, 0.29) is 17.3 Å². The van der Waals surface area contributed by atoms with Gasteiger partial charge >= 0.3 is 5.97 Å². The van der Waals surface area contributed by atoms with E-state index in [1.54, 1.807) is 24.3 Å². The topological polar surface area (TPSA) is 84.8 Å². The Hall–Kier alpha value is -2.67. The Morgan fingerprint density at radius 1 is 1.16 bits per heavy atom. The highest BCUT2D eigenvalue weighted by Crippen LogP contribution is 2.22. The standard InChI is InChI=1S/C18H18N2O4S/c1-12(2)13-6-5-7-14(10-13)24-17(21)11-19-18-15-8-3-4-9-16(15)25(22,23)20-18/h3-10,12H,11H2,1-2H3,(H,19,20). The maximum absolute atomic E-state index is 12.0. The molecular weight excluding hydrogens is 340 g/mol. The second-order valence-electron chi connectivity index (χ2n) is 5.97. The van der Waals surface area contributed by atoms with Gasteiger partial charge in [0.05, 0.1) is 4.90 Å². The predicted octanol–water partition coefficient (Wildman–Crippen LogP) is 2.45. The Bertz CT molecular complexity index is 949. The van der Waals surface area contributed by atoms with Gasteiger partial charge in [-0.2, -0.15) is 0 Å². The monoisotopic (exact) mass is 358 g/mol. The first-order chi connectivity index (χ1) is 11.9. The Morgan fingerprint density at radius 2 is 1.92 bits per heavy atom. The van der Waals surface area contributed by atoms with Crippen LogP contribution in [-0.4, -0.2) is 26.8 Å². The normalized spacial score (nSPS) is 16.5. The molecule has 0 radical (unpaired) electrons. The molecule has 25 heavy (non-hydrogen) atoms. The van der Waals surface area contributed by atoms with E-state index in [9.17, 15) is 13.2 Å². The summed E-state index contributed by atoms with van der Waals surface area (Å²) in [4.78, 5) is 16.2. The van der Waals surface area contributed by atoms with E-state index < -0.39 is 16.0 Å². The second-order valence-corrected chi connectivity index (χ2v) is 7.62. The number of carbonyl (C=O) groups is 1. The van der Waals surface area contributed by atoms with E-state index in [4.69, 9.17) is 4.74 Å². The molecule has 0 saturated heterocycles. The molecule has 130 valence electrons. The third kappa shape index (κ3) is 3.71. The Labute approximate surface area is 146 Å². The molecule has 0 fully saturated rings. The van der Waals surface area contributed by atoms with Crippen LogP contribution in [-0.2, 0) is 14.8 Å². The fourth-order valence-corrected chi connectivity index (χ4v) is 3.75. The van der Waals surface area contributed by atoms with Crippen molar-refractivity contribution in [1.82, 2.24) is 4.72 Å². The molecule has 0 bridgehead atoms. The molecule has 0 saturated carbocycles. The second kappa shape index (κ2) is 6.68. The minimum absolute atomic E-state index is 0.156. The summed E-state index contributed by atoms with van der Waals surface area (Å²) in [6, 6.07) is 13.8. The Morgan fingerprint density at radius 3 is 2.68 bits per heavy atom. The molecule has 0 unspecified atom stereocenters. The maximum Gasteiger partial charge on any atom is 0.333 e. The van der Waals surface area contributed by atoms with Crippen LogP contribution in [0.2, 0.25) is 0 Å². The van der Waals surface area contributed by atoms with Crippen molar-refractivity contribution in [3.05, 3.63) is 59.7 Å². The molecule has 0 aromatic heterocycles. The first-order valence-electron chi connectivity index (χ1n) is 7.84. The molecule has 1 aliphatic heterocycles. The third-order valence-corrected chi connectivity index (χ3v) is 5.18. The predicted molar refractivity (Wildman–Crippen MR) is 94.3 cm³/mol. The molecule has 6 nitrogen and oxygen atoms in total. The van der Waals surface area contributed by atoms with Gasteiger partial charge in [-0.3, -0.25) is 9.71 Å². The highest BCUT2D eigenvalue weighted by atomic mass is 32.2. The highest BCUT2D eigenvalue weighted by Gasteiger charge is 2.30. The van der Waals surface area contributed by atoms with Gasteiger partial charge in [0, 0.05) is 5.56 Å². The van der Waals surface area contributed by atoms with Crippen molar-refractivity contribution < 1.29 is 17.9 Å². The Balaban J connectivity index is 1.73. The van der Waals surface area contributed by atoms with Gasteiger partial charge in [-0.15, -0.1) is 0 Å². The van der Waals surface area contributed by atoms with E-state index in [0.717, 1.165) is 5.56 Å². The average molecular weight is 358 g/mol. The van der Waals surface area contributed by atoms with Crippen LogP contribution >= 0.6 is 0 Å². The molecule has 2 aromatic carbocycles. The summed E-state index contributed by atoms with van der Waals surface area (Å²) >= 11 is 0. The molecular formula is C18H18N2O4S. The molecule has 0 spiro atoms. The van der Waals surface area contributed by atoms with Crippen molar-refractivity contribution in [2.45, 2.75) is 24.7 Å². The zero-order valence-corrected chi connectivity index (χ0v) is 14.7. The number of hydrogen-bond acceptors (Lipinski definition) is 5. The van der Waals surface area contributed by atoms with Gasteiger partial charge in [0.25, 0.3) is 10.0 Å². The minimum atomic E-state index is -3.61. The van der Waals surface area contributed by atoms with Gasteiger partial charge in [-0.25, -0.2) is 13.2 Å². The number of rotatable bonds is 4. The van der Waals surface area contributed by atoms with Gasteiger partial charge < -0.3 is 4.74 Å². The lowest BCUT2D eigenvalue weighted by atomic mass is 10.0. The molecule has 0 amide bonds. The number of benzene rings is 2. The molecule has 3 rings (SSSR count). The number of esters is 1. The lowest BCUT2D eigenvalue weighted by Crippen LogP contribution is -2.24. The summed E-state index contributed by atoms with van der Waals surface area (Å²) in [6.45, 7) is 3.82. The van der Waals surface area contributed by atoms with Crippen LogP contribution in [0.5, 0.6) is 5.75 Å². The molecule has 0 aliphatic carbocycles. The summed E-state index contributed by atoms with van der Waals surface area (Å²) in [7, 11) is -3.61. The summed E-state index contributed by atoms with van der Waals surface area (Å²) in [5.41, 5.74) is 1.52. The molecule has 0 atom stereocenters. The van der Waals surface area contributed by atoms with Gasteiger partial charge in [0.2, 0.25) is 0 Å². The lowest BCUT2D eigenvalue weighted by molar-refractivity contribution is -0.132. The zero-order valence-electron chi connectivity index (χ0n) is 13.9. The Kier molecular flexibility index (Phi) is 4.59. The molecule has 1 aliphatic rings. The van der Waals surface area contributed by atoms with Crippen LogP contribution in [0.3, 0.4) is 0 Å². The molecule has 7 heteroatoms. The summed E-state index contributed by atoms with van der Waals surface area (Å²) in [5, 5.41) is 0. The van der Waals surface area contributed by atoms with E-state index in [1.807, 2.05) is 18.2 Å². The number of hydrogen-bond donors (Lipinski definition) is 1. The quantitative estimate of drug-likeness (QED) is 0.672. The summed E-state index contributed by atoms with van der Waals surface area (Å²) in [5.74, 6) is 0.368. The van der Waals surface area contributed by atoms with Crippen LogP contribution in [0.4, 0.5) is 0 Å². The lowest BCUT2D eigenvalue weighted by Gasteiger charge is -2.08. The van der Waals surface area contributed by atoms with Crippen molar-refractivity contribution >= 4 is 21.8 Å². The smallest absolute Gasteiger partial charge is 0.333 e. The van der Waals surface area contributed by atoms with Crippen molar-refractivity contribution in [1.29, 1.82) is 0 Å². The van der Waals surface area contributed by atoms with Crippen LogP contribution in [0.15, 0.2) is 58.4 Å². The highest BCUT2D eigenvalue weighted by molar-refractivity contribution is 7.90. The largest absolute Gasteiger partial charge is 0.425 e. The summed E-state index contributed by atoms with van der Waals surface area (Å²) < 4.78 is 31.6. The molecule has 1 N–H and O–H groups in total. The van der Waals surface area contributed by atoms with Crippen molar-refractivity contribution in [2.75, 3.05) is 6.54 Å². The number of nitrogens with zero attached hydrogens (tertiary/aromatic N) is 1. The van der Waals surface area contributed by atoms with Crippen LogP contribution in [0.1, 0.15) is 30.9 Å². The number of ether oxygens (including phenoxy) is 1. The number of sulfonamides is 1. The first kappa shape index (κ1) is 17.2. The van der Waals surface area contributed by atoms with Crippen LogP contribution in [0.25, 0.3) is 0 Å². The van der Waals surface area contributed by atoms with Gasteiger partial charge in [0.1, 0.15) is 18.1 Å².